The van der Waals surface area contributed by atoms with Crippen molar-refractivity contribution >= 4 is 71.6 Å². The lowest BCUT2D eigenvalue weighted by molar-refractivity contribution is 0.670. The van der Waals surface area contributed by atoms with Crippen LogP contribution in [-0.4, -0.2) is 4.57 Å². The van der Waals surface area contributed by atoms with Gasteiger partial charge in [-0.2, -0.15) is 0 Å². The predicted octanol–water partition coefficient (Wildman–Crippen LogP) is 18.0. The number of nitrogens with zero attached hydrogens (tertiary/aromatic N) is 2. The first-order valence-corrected chi connectivity index (χ1v) is 22.9. The highest BCUT2D eigenvalue weighted by atomic mass is 16.3. The zero-order valence-electron chi connectivity index (χ0n) is 36.6. The third kappa shape index (κ3) is 6.59. The first-order valence-electron chi connectivity index (χ1n) is 22.9. The minimum Gasteiger partial charge on any atom is -0.455 e. The molecule has 0 unspecified atom stereocenters. The topological polar surface area (TPSA) is 21.3 Å². The second-order valence-electron chi connectivity index (χ2n) is 17.3. The largest absolute Gasteiger partial charge is 0.455 e. The van der Waals surface area contributed by atoms with Crippen molar-refractivity contribution in [3.63, 3.8) is 0 Å². The summed E-state index contributed by atoms with van der Waals surface area (Å²) in [6.45, 7) is 0. The molecule has 0 atom stereocenters. The number of hydrogen-bond donors (Lipinski definition) is 0. The molecule has 0 aliphatic heterocycles. The van der Waals surface area contributed by atoms with Crippen LogP contribution in [0.5, 0.6) is 0 Å². The molecule has 67 heavy (non-hydrogen) atoms. The van der Waals surface area contributed by atoms with E-state index in [1.807, 2.05) is 6.07 Å². The summed E-state index contributed by atoms with van der Waals surface area (Å²) < 4.78 is 9.06. The van der Waals surface area contributed by atoms with Gasteiger partial charge in [0.25, 0.3) is 0 Å². The van der Waals surface area contributed by atoms with Gasteiger partial charge in [0.1, 0.15) is 11.2 Å². The molecule has 0 saturated heterocycles. The van der Waals surface area contributed by atoms with Crippen molar-refractivity contribution in [3.05, 3.63) is 255 Å². The smallest absolute Gasteiger partial charge is 0.143 e. The Kier molecular flexibility index (Phi) is 9.17. The summed E-state index contributed by atoms with van der Waals surface area (Å²) in [6, 6.07) is 91.9. The van der Waals surface area contributed by atoms with Crippen molar-refractivity contribution in [1.82, 2.24) is 4.57 Å². The van der Waals surface area contributed by atoms with Crippen LogP contribution in [0.1, 0.15) is 0 Å². The van der Waals surface area contributed by atoms with Crippen LogP contribution in [-0.2, 0) is 0 Å². The van der Waals surface area contributed by atoms with E-state index in [1.165, 1.54) is 54.8 Å². The molecule has 0 N–H and O–H groups in total. The summed E-state index contributed by atoms with van der Waals surface area (Å²) >= 11 is 0. The lowest BCUT2D eigenvalue weighted by Crippen LogP contribution is -2.11. The monoisotopic (exact) mass is 854 g/mol. The third-order valence-electron chi connectivity index (χ3n) is 13.4. The molecule has 13 rings (SSSR count). The molecule has 3 heteroatoms. The average molecular weight is 855 g/mol. The Morgan fingerprint density at radius 2 is 0.836 bits per heavy atom. The number of hydrogen-bond acceptors (Lipinski definition) is 2. The molecule has 2 aromatic heterocycles. The number of anilines is 3. The number of aromatic nitrogens is 1. The van der Waals surface area contributed by atoms with Crippen LogP contribution in [0.15, 0.2) is 259 Å². The molecule has 0 fully saturated rings. The van der Waals surface area contributed by atoms with Gasteiger partial charge < -0.3 is 13.9 Å². The van der Waals surface area contributed by atoms with E-state index in [1.54, 1.807) is 0 Å². The van der Waals surface area contributed by atoms with Crippen LogP contribution in [0.4, 0.5) is 17.1 Å². The van der Waals surface area contributed by atoms with Gasteiger partial charge in [-0.25, -0.2) is 0 Å². The number of fused-ring (bicyclic) bond motifs is 7. The van der Waals surface area contributed by atoms with Crippen molar-refractivity contribution in [2.24, 2.45) is 0 Å². The normalized spacial score (nSPS) is 11.6. The molecule has 314 valence electrons. The number of para-hydroxylation sites is 6. The van der Waals surface area contributed by atoms with Crippen LogP contribution >= 0.6 is 0 Å². The first kappa shape index (κ1) is 38.5. The van der Waals surface area contributed by atoms with Crippen LogP contribution in [0.2, 0.25) is 0 Å². The van der Waals surface area contributed by atoms with Crippen molar-refractivity contribution in [2.75, 3.05) is 4.90 Å². The minimum absolute atomic E-state index is 0.884. The Hall–Kier alpha value is -8.92. The maximum atomic E-state index is 6.65. The molecule has 13 aromatic rings. The Bertz CT molecular complexity index is 3930. The maximum Gasteiger partial charge on any atom is 0.143 e. The van der Waals surface area contributed by atoms with Crippen molar-refractivity contribution < 1.29 is 4.42 Å². The van der Waals surface area contributed by atoms with E-state index in [9.17, 15) is 0 Å². The number of rotatable bonds is 8. The molecule has 11 aromatic carbocycles. The molecule has 0 saturated carbocycles. The van der Waals surface area contributed by atoms with Gasteiger partial charge in [0.05, 0.1) is 22.4 Å². The fourth-order valence-electron chi connectivity index (χ4n) is 10.2. The Morgan fingerprint density at radius 3 is 1.60 bits per heavy atom. The Labute approximate surface area is 388 Å². The lowest BCUT2D eigenvalue weighted by atomic mass is 9.96. The van der Waals surface area contributed by atoms with E-state index < -0.39 is 0 Å². The van der Waals surface area contributed by atoms with E-state index >= 15 is 0 Å². The predicted molar refractivity (Wildman–Crippen MR) is 282 cm³/mol. The van der Waals surface area contributed by atoms with Gasteiger partial charge in [-0.3, -0.25) is 0 Å². The van der Waals surface area contributed by atoms with Crippen molar-refractivity contribution in [3.8, 4) is 50.2 Å². The molecule has 3 nitrogen and oxygen atoms in total. The highest BCUT2D eigenvalue weighted by Gasteiger charge is 2.21. The van der Waals surface area contributed by atoms with Crippen molar-refractivity contribution in [1.29, 1.82) is 0 Å². The summed E-state index contributed by atoms with van der Waals surface area (Å²) in [7, 11) is 0. The zero-order chi connectivity index (χ0) is 44.3. The van der Waals surface area contributed by atoms with Crippen LogP contribution in [0.25, 0.3) is 105 Å². The highest BCUT2D eigenvalue weighted by molar-refractivity contribution is 6.11. The molecular weight excluding hydrogens is 813 g/mol. The summed E-state index contributed by atoms with van der Waals surface area (Å²) in [5.74, 6) is 0. The minimum atomic E-state index is 0.884. The van der Waals surface area contributed by atoms with Gasteiger partial charge in [0.2, 0.25) is 0 Å². The van der Waals surface area contributed by atoms with Gasteiger partial charge in [0.15, 0.2) is 0 Å². The standard InChI is InChI=1S/C64H42N2O/c1-2-16-46-42-49(32-31-43(46)15-1)48-18-13-17-47(41-48)44-33-37-50(38-34-44)65(60-27-9-6-22-55(60)57-24-14-25-58-56-23-7-12-30-63(56)67-64(57)58)51-39-35-45(36-40-51)52-19-3-8-26-59(52)66-61-28-10-4-20-53(61)54-21-5-11-29-62(54)66/h1-42H. The fraction of sp³-hybridized carbons (Fsp3) is 0. The summed E-state index contributed by atoms with van der Waals surface area (Å²) in [6.07, 6.45) is 0. The second-order valence-corrected chi connectivity index (χ2v) is 17.3. The van der Waals surface area contributed by atoms with E-state index in [0.717, 1.165) is 66.9 Å². The van der Waals surface area contributed by atoms with E-state index in [0.29, 0.717) is 0 Å². The van der Waals surface area contributed by atoms with E-state index in [2.05, 4.69) is 258 Å². The molecular formula is C64H42N2O. The van der Waals surface area contributed by atoms with Crippen LogP contribution in [0, 0.1) is 0 Å². The van der Waals surface area contributed by atoms with Gasteiger partial charge in [-0.15, -0.1) is 0 Å². The van der Waals surface area contributed by atoms with E-state index in [4.69, 9.17) is 4.42 Å². The molecule has 0 aliphatic rings. The first-order chi connectivity index (χ1) is 33.2. The Morgan fingerprint density at radius 1 is 0.313 bits per heavy atom. The fourth-order valence-corrected chi connectivity index (χ4v) is 10.2. The summed E-state index contributed by atoms with van der Waals surface area (Å²) in [5.41, 5.74) is 17.6. The molecule has 0 radical (unpaired) electrons. The molecule has 0 aliphatic carbocycles. The van der Waals surface area contributed by atoms with Gasteiger partial charge in [0, 0.05) is 49.6 Å². The van der Waals surface area contributed by atoms with Crippen molar-refractivity contribution in [2.45, 2.75) is 0 Å². The van der Waals surface area contributed by atoms with Gasteiger partial charge >= 0.3 is 0 Å². The molecule has 0 bridgehead atoms. The van der Waals surface area contributed by atoms with Crippen LogP contribution < -0.4 is 4.90 Å². The van der Waals surface area contributed by atoms with Crippen LogP contribution in [0.3, 0.4) is 0 Å². The summed E-state index contributed by atoms with van der Waals surface area (Å²) in [5, 5.41) is 7.21. The average Bonchev–Trinajstić information content (AvgIpc) is 3.95. The Balaban J connectivity index is 0.935. The zero-order valence-corrected chi connectivity index (χ0v) is 36.6. The molecule has 0 spiro atoms. The summed E-state index contributed by atoms with van der Waals surface area (Å²) in [4.78, 5) is 2.38. The SMILES string of the molecule is c1cc(-c2ccc(N(c3ccc(-c4ccccc4-n4c5ccccc5c5ccccc54)cc3)c3ccccc3-c3cccc4c3oc3ccccc34)cc2)cc(-c2ccc3ccccc3c2)c1. The number of furan rings is 1. The molecule has 0 amide bonds. The molecule has 2 heterocycles. The number of benzene rings is 11. The van der Waals surface area contributed by atoms with E-state index in [-0.39, 0.29) is 0 Å². The lowest BCUT2D eigenvalue weighted by Gasteiger charge is -2.28. The second kappa shape index (κ2) is 16.0. The van der Waals surface area contributed by atoms with Gasteiger partial charge in [-0.1, -0.05) is 188 Å². The quantitative estimate of drug-likeness (QED) is 0.152. The third-order valence-corrected chi connectivity index (χ3v) is 13.4. The maximum absolute atomic E-state index is 6.65. The highest BCUT2D eigenvalue weighted by Crippen LogP contribution is 2.45. The van der Waals surface area contributed by atoms with Gasteiger partial charge in [-0.05, 0) is 105 Å².